The first kappa shape index (κ1) is 18.6. The zero-order valence-electron chi connectivity index (χ0n) is 14.5. The molecule has 1 N–H and O–H groups in total. The van der Waals surface area contributed by atoms with Crippen LogP contribution >= 0.6 is 0 Å². The average molecular weight is 343 g/mol. The lowest BCUT2D eigenvalue weighted by atomic mass is 10.1. The first-order valence-corrected chi connectivity index (χ1v) is 8.32. The van der Waals surface area contributed by atoms with Crippen LogP contribution in [0.1, 0.15) is 40.1 Å². The van der Waals surface area contributed by atoms with E-state index in [1.165, 1.54) is 24.5 Å². The van der Waals surface area contributed by atoms with Crippen molar-refractivity contribution < 1.29 is 14.0 Å². The maximum absolute atomic E-state index is 13.6. The van der Waals surface area contributed by atoms with Crippen LogP contribution in [0.3, 0.4) is 0 Å². The number of hydrogen-bond acceptors (Lipinski definition) is 3. The summed E-state index contributed by atoms with van der Waals surface area (Å²) in [5.41, 5.74) is 1.24. The second-order valence-electron chi connectivity index (χ2n) is 5.54. The highest BCUT2D eigenvalue weighted by atomic mass is 19.1. The number of pyridine rings is 1. The second kappa shape index (κ2) is 8.92. The lowest BCUT2D eigenvalue weighted by Gasteiger charge is -2.18. The molecule has 132 valence electrons. The lowest BCUT2D eigenvalue weighted by Crippen LogP contribution is -2.31. The first-order chi connectivity index (χ1) is 12.1. The monoisotopic (exact) mass is 343 g/mol. The summed E-state index contributed by atoms with van der Waals surface area (Å²) in [5, 5.41) is 2.73. The third kappa shape index (κ3) is 4.86. The van der Waals surface area contributed by atoms with Gasteiger partial charge in [-0.2, -0.15) is 0 Å². The Kier molecular flexibility index (Phi) is 6.62. The van der Waals surface area contributed by atoms with Crippen molar-refractivity contribution in [1.82, 2.24) is 15.2 Å². The number of amides is 2. The van der Waals surface area contributed by atoms with Gasteiger partial charge in [-0.3, -0.25) is 14.6 Å². The highest BCUT2D eigenvalue weighted by Crippen LogP contribution is 2.08. The predicted octanol–water partition coefficient (Wildman–Crippen LogP) is 2.68. The van der Waals surface area contributed by atoms with Crippen molar-refractivity contribution in [2.45, 2.75) is 20.3 Å². The van der Waals surface area contributed by atoms with Crippen LogP contribution in [0.15, 0.2) is 42.7 Å². The van der Waals surface area contributed by atoms with E-state index in [1.54, 1.807) is 23.1 Å². The van der Waals surface area contributed by atoms with E-state index in [2.05, 4.69) is 10.3 Å². The Morgan fingerprint density at radius 3 is 2.48 bits per heavy atom. The van der Waals surface area contributed by atoms with Gasteiger partial charge in [-0.25, -0.2) is 4.39 Å². The minimum absolute atomic E-state index is 0.154. The smallest absolute Gasteiger partial charge is 0.255 e. The first-order valence-electron chi connectivity index (χ1n) is 8.32. The summed E-state index contributed by atoms with van der Waals surface area (Å²) in [7, 11) is 0. The van der Waals surface area contributed by atoms with Crippen LogP contribution in [-0.4, -0.2) is 41.3 Å². The standard InChI is InChI=1S/C19H22FN3O2/c1-3-23(4-2)19(25)16-11-15(12-21-13-16)18(24)22-10-9-14-7-5-6-8-17(14)20/h5-8,11-13H,3-4,9-10H2,1-2H3,(H,22,24). The van der Waals surface area contributed by atoms with Crippen LogP contribution < -0.4 is 5.32 Å². The quantitative estimate of drug-likeness (QED) is 0.841. The van der Waals surface area contributed by atoms with Crippen molar-refractivity contribution in [3.05, 3.63) is 65.2 Å². The van der Waals surface area contributed by atoms with Crippen molar-refractivity contribution >= 4 is 11.8 Å². The average Bonchev–Trinajstić information content (AvgIpc) is 2.64. The third-order valence-electron chi connectivity index (χ3n) is 3.94. The Bertz CT molecular complexity index is 745. The summed E-state index contributed by atoms with van der Waals surface area (Å²) in [4.78, 5) is 30.2. The lowest BCUT2D eigenvalue weighted by molar-refractivity contribution is 0.0772. The molecule has 0 saturated heterocycles. The summed E-state index contributed by atoms with van der Waals surface area (Å²) in [5.74, 6) is -0.776. The maximum Gasteiger partial charge on any atom is 0.255 e. The largest absolute Gasteiger partial charge is 0.352 e. The molecule has 25 heavy (non-hydrogen) atoms. The van der Waals surface area contributed by atoms with E-state index in [4.69, 9.17) is 0 Å². The van der Waals surface area contributed by atoms with Gasteiger partial charge in [0.25, 0.3) is 11.8 Å². The van der Waals surface area contributed by atoms with E-state index in [0.717, 1.165) is 0 Å². The van der Waals surface area contributed by atoms with Crippen molar-refractivity contribution in [2.75, 3.05) is 19.6 Å². The van der Waals surface area contributed by atoms with Crippen LogP contribution in [0.5, 0.6) is 0 Å². The minimum Gasteiger partial charge on any atom is -0.352 e. The number of hydrogen-bond donors (Lipinski definition) is 1. The summed E-state index contributed by atoms with van der Waals surface area (Å²) in [6.45, 7) is 5.28. The van der Waals surface area contributed by atoms with Gasteiger partial charge < -0.3 is 10.2 Å². The number of nitrogens with zero attached hydrogens (tertiary/aromatic N) is 2. The van der Waals surface area contributed by atoms with Gasteiger partial charge in [0, 0.05) is 32.0 Å². The number of benzene rings is 1. The van der Waals surface area contributed by atoms with E-state index in [-0.39, 0.29) is 17.6 Å². The number of carbonyl (C=O) groups is 2. The normalized spacial score (nSPS) is 10.4. The molecule has 1 aromatic carbocycles. The molecule has 2 aromatic rings. The van der Waals surface area contributed by atoms with Gasteiger partial charge in [0.1, 0.15) is 5.82 Å². The highest BCUT2D eigenvalue weighted by Gasteiger charge is 2.15. The van der Waals surface area contributed by atoms with Crippen LogP contribution in [0.25, 0.3) is 0 Å². The van der Waals surface area contributed by atoms with E-state index >= 15 is 0 Å². The Morgan fingerprint density at radius 1 is 1.12 bits per heavy atom. The third-order valence-corrected chi connectivity index (χ3v) is 3.94. The molecule has 0 unspecified atom stereocenters. The molecule has 0 aliphatic heterocycles. The number of aromatic nitrogens is 1. The van der Waals surface area contributed by atoms with Gasteiger partial charge in [-0.05, 0) is 38.0 Å². The zero-order chi connectivity index (χ0) is 18.2. The van der Waals surface area contributed by atoms with Crippen molar-refractivity contribution in [3.63, 3.8) is 0 Å². The van der Waals surface area contributed by atoms with E-state index < -0.39 is 0 Å². The second-order valence-corrected chi connectivity index (χ2v) is 5.54. The zero-order valence-corrected chi connectivity index (χ0v) is 14.5. The number of carbonyl (C=O) groups excluding carboxylic acids is 2. The molecule has 0 saturated carbocycles. The highest BCUT2D eigenvalue weighted by molar-refractivity contribution is 5.99. The molecule has 0 radical (unpaired) electrons. The van der Waals surface area contributed by atoms with Crippen LogP contribution in [-0.2, 0) is 6.42 Å². The Morgan fingerprint density at radius 2 is 1.80 bits per heavy atom. The molecule has 1 heterocycles. The molecular weight excluding hydrogens is 321 g/mol. The van der Waals surface area contributed by atoms with Gasteiger partial charge in [0.15, 0.2) is 0 Å². The minimum atomic E-state index is -0.335. The Labute approximate surface area is 146 Å². The maximum atomic E-state index is 13.6. The van der Waals surface area contributed by atoms with Gasteiger partial charge in [-0.15, -0.1) is 0 Å². The van der Waals surface area contributed by atoms with Crippen LogP contribution in [0.4, 0.5) is 4.39 Å². The van der Waals surface area contributed by atoms with E-state index in [9.17, 15) is 14.0 Å². The number of nitrogens with one attached hydrogen (secondary N) is 1. The van der Waals surface area contributed by atoms with Gasteiger partial charge in [0.2, 0.25) is 0 Å². The fraction of sp³-hybridized carbons (Fsp3) is 0.316. The van der Waals surface area contributed by atoms with E-state index in [1.807, 2.05) is 13.8 Å². The fourth-order valence-corrected chi connectivity index (χ4v) is 2.49. The summed E-state index contributed by atoms with van der Waals surface area (Å²) in [6.07, 6.45) is 3.26. The molecule has 0 aliphatic carbocycles. The SMILES string of the molecule is CCN(CC)C(=O)c1cncc(C(=O)NCCc2ccccc2F)c1. The van der Waals surface area contributed by atoms with Gasteiger partial charge in [-0.1, -0.05) is 18.2 Å². The fourth-order valence-electron chi connectivity index (χ4n) is 2.49. The molecule has 0 spiro atoms. The Balaban J connectivity index is 1.99. The van der Waals surface area contributed by atoms with E-state index in [0.29, 0.717) is 42.7 Å². The van der Waals surface area contributed by atoms with Crippen LogP contribution in [0.2, 0.25) is 0 Å². The molecule has 6 heteroatoms. The molecule has 1 aromatic heterocycles. The molecule has 0 atom stereocenters. The predicted molar refractivity (Wildman–Crippen MR) is 93.9 cm³/mol. The number of halogens is 1. The van der Waals surface area contributed by atoms with Gasteiger partial charge >= 0.3 is 0 Å². The number of rotatable bonds is 7. The molecule has 0 aliphatic rings. The van der Waals surface area contributed by atoms with Crippen LogP contribution in [0, 0.1) is 5.82 Å². The van der Waals surface area contributed by atoms with Crippen molar-refractivity contribution in [3.8, 4) is 0 Å². The Hall–Kier alpha value is -2.76. The summed E-state index contributed by atoms with van der Waals surface area (Å²) >= 11 is 0. The topological polar surface area (TPSA) is 62.3 Å². The van der Waals surface area contributed by atoms with Crippen molar-refractivity contribution in [1.29, 1.82) is 0 Å². The summed E-state index contributed by atoms with van der Waals surface area (Å²) in [6, 6.07) is 8.00. The van der Waals surface area contributed by atoms with Gasteiger partial charge in [0.05, 0.1) is 11.1 Å². The molecule has 2 rings (SSSR count). The molecule has 0 bridgehead atoms. The van der Waals surface area contributed by atoms with Crippen molar-refractivity contribution in [2.24, 2.45) is 0 Å². The molecule has 0 fully saturated rings. The molecule has 2 amide bonds. The summed E-state index contributed by atoms with van der Waals surface area (Å²) < 4.78 is 13.6. The molecular formula is C19H22FN3O2. The molecule has 5 nitrogen and oxygen atoms in total.